The van der Waals surface area contributed by atoms with Gasteiger partial charge in [0.15, 0.2) is 0 Å². The van der Waals surface area contributed by atoms with Crippen LogP contribution in [0.4, 0.5) is 5.82 Å². The van der Waals surface area contributed by atoms with Crippen LogP contribution in [-0.4, -0.2) is 18.1 Å². The third-order valence-electron chi connectivity index (χ3n) is 2.82. The summed E-state index contributed by atoms with van der Waals surface area (Å²) in [6.07, 6.45) is 4.10. The first-order valence-corrected chi connectivity index (χ1v) is 6.00. The molecule has 0 amide bonds. The van der Waals surface area contributed by atoms with E-state index in [2.05, 4.69) is 36.8 Å². The summed E-state index contributed by atoms with van der Waals surface area (Å²) in [5.74, 6) is 1.56. The Kier molecular flexibility index (Phi) is 4.89. The second-order valence-electron chi connectivity index (χ2n) is 3.74. The van der Waals surface area contributed by atoms with Gasteiger partial charge < -0.3 is 4.90 Å². The van der Waals surface area contributed by atoms with Crippen LogP contribution < -0.4 is 4.90 Å². The van der Waals surface area contributed by atoms with Crippen LogP contribution in [0.3, 0.4) is 0 Å². The van der Waals surface area contributed by atoms with Crippen LogP contribution in [0.25, 0.3) is 0 Å². The zero-order chi connectivity index (χ0) is 11.3. The summed E-state index contributed by atoms with van der Waals surface area (Å²) in [6.45, 7) is 4.41. The van der Waals surface area contributed by atoms with Gasteiger partial charge in [-0.3, -0.25) is 0 Å². The Bertz CT molecular complexity index is 297. The molecule has 0 unspecified atom stereocenters. The largest absolute Gasteiger partial charge is 0.357 e. The van der Waals surface area contributed by atoms with Crippen molar-refractivity contribution in [2.24, 2.45) is 0 Å². The van der Waals surface area contributed by atoms with Crippen molar-refractivity contribution >= 4 is 17.4 Å². The summed E-state index contributed by atoms with van der Waals surface area (Å²) in [6, 6.07) is 4.57. The van der Waals surface area contributed by atoms with E-state index in [4.69, 9.17) is 11.6 Å². The maximum Gasteiger partial charge on any atom is 0.128 e. The lowest BCUT2D eigenvalue weighted by molar-refractivity contribution is 0.586. The van der Waals surface area contributed by atoms with Gasteiger partial charge in [0.2, 0.25) is 0 Å². The molecular formula is C12H19ClN2. The highest BCUT2D eigenvalue weighted by Crippen LogP contribution is 2.17. The van der Waals surface area contributed by atoms with Crippen molar-refractivity contribution in [3.05, 3.63) is 23.9 Å². The molecule has 0 saturated carbocycles. The predicted octanol–water partition coefficient (Wildman–Crippen LogP) is 3.45. The Morgan fingerprint density at radius 3 is 2.60 bits per heavy atom. The van der Waals surface area contributed by atoms with E-state index < -0.39 is 0 Å². The number of hydrogen-bond acceptors (Lipinski definition) is 2. The minimum absolute atomic E-state index is 0.548. The van der Waals surface area contributed by atoms with Gasteiger partial charge in [0.05, 0.1) is 0 Å². The number of hydrogen-bond donors (Lipinski definition) is 0. The molecule has 1 aromatic rings. The summed E-state index contributed by atoms with van der Waals surface area (Å²) in [4.78, 5) is 6.60. The molecule has 0 spiro atoms. The summed E-state index contributed by atoms with van der Waals surface area (Å²) in [7, 11) is 2.10. The van der Waals surface area contributed by atoms with Crippen LogP contribution >= 0.6 is 11.6 Å². The van der Waals surface area contributed by atoms with Crippen molar-refractivity contribution in [2.45, 2.75) is 38.6 Å². The third-order valence-corrected chi connectivity index (χ3v) is 3.12. The zero-order valence-corrected chi connectivity index (χ0v) is 10.5. The molecule has 0 aromatic carbocycles. The molecule has 2 nitrogen and oxygen atoms in total. The van der Waals surface area contributed by atoms with Crippen molar-refractivity contribution in [2.75, 3.05) is 11.9 Å². The molecule has 1 rings (SSSR count). The van der Waals surface area contributed by atoms with E-state index in [1.54, 1.807) is 0 Å². The average Bonchev–Trinajstić information content (AvgIpc) is 2.30. The SMILES string of the molecule is CCC(CC)N(C)c1cc(CCl)ccn1. The van der Waals surface area contributed by atoms with Gasteiger partial charge in [0, 0.05) is 25.2 Å². The Balaban J connectivity index is 2.84. The number of nitrogens with zero attached hydrogens (tertiary/aromatic N) is 2. The van der Waals surface area contributed by atoms with Crippen molar-refractivity contribution in [1.29, 1.82) is 0 Å². The van der Waals surface area contributed by atoms with Crippen molar-refractivity contribution < 1.29 is 0 Å². The van der Waals surface area contributed by atoms with Crippen LogP contribution in [-0.2, 0) is 5.88 Å². The molecule has 15 heavy (non-hydrogen) atoms. The van der Waals surface area contributed by atoms with Crippen LogP contribution in [0.2, 0.25) is 0 Å². The van der Waals surface area contributed by atoms with Crippen LogP contribution in [0, 0.1) is 0 Å². The van der Waals surface area contributed by atoms with E-state index in [1.807, 2.05) is 12.3 Å². The molecule has 1 aromatic heterocycles. The highest BCUT2D eigenvalue weighted by atomic mass is 35.5. The Morgan fingerprint density at radius 2 is 2.07 bits per heavy atom. The van der Waals surface area contributed by atoms with Gasteiger partial charge in [-0.15, -0.1) is 11.6 Å². The molecule has 0 radical (unpaired) electrons. The van der Waals surface area contributed by atoms with Gasteiger partial charge in [-0.25, -0.2) is 4.98 Å². The molecular weight excluding hydrogens is 208 g/mol. The lowest BCUT2D eigenvalue weighted by atomic mass is 10.1. The van der Waals surface area contributed by atoms with Gasteiger partial charge in [-0.05, 0) is 30.5 Å². The van der Waals surface area contributed by atoms with E-state index in [0.717, 1.165) is 24.2 Å². The fourth-order valence-corrected chi connectivity index (χ4v) is 1.93. The van der Waals surface area contributed by atoms with E-state index in [-0.39, 0.29) is 0 Å². The van der Waals surface area contributed by atoms with Gasteiger partial charge in [0.25, 0.3) is 0 Å². The van der Waals surface area contributed by atoms with Crippen LogP contribution in [0.1, 0.15) is 32.3 Å². The molecule has 0 atom stereocenters. The number of anilines is 1. The molecule has 0 N–H and O–H groups in total. The molecule has 0 fully saturated rings. The molecule has 0 aliphatic carbocycles. The lowest BCUT2D eigenvalue weighted by Crippen LogP contribution is -2.31. The first-order chi connectivity index (χ1) is 7.22. The normalized spacial score (nSPS) is 10.7. The van der Waals surface area contributed by atoms with Crippen LogP contribution in [0.5, 0.6) is 0 Å². The first kappa shape index (κ1) is 12.3. The number of halogens is 1. The van der Waals surface area contributed by atoms with E-state index >= 15 is 0 Å². The average molecular weight is 227 g/mol. The quantitative estimate of drug-likeness (QED) is 0.715. The van der Waals surface area contributed by atoms with Gasteiger partial charge in [-0.2, -0.15) is 0 Å². The number of pyridine rings is 1. The topological polar surface area (TPSA) is 16.1 Å². The van der Waals surface area contributed by atoms with E-state index in [1.165, 1.54) is 0 Å². The Labute approximate surface area is 97.3 Å². The zero-order valence-electron chi connectivity index (χ0n) is 9.70. The molecule has 0 aliphatic rings. The summed E-state index contributed by atoms with van der Waals surface area (Å²) >= 11 is 5.80. The minimum atomic E-state index is 0.548. The fraction of sp³-hybridized carbons (Fsp3) is 0.583. The standard InChI is InChI=1S/C12H19ClN2/c1-4-11(5-2)15(3)12-8-10(9-13)6-7-14-12/h6-8,11H,4-5,9H2,1-3H3. The number of rotatable bonds is 5. The predicted molar refractivity (Wildman–Crippen MR) is 66.6 cm³/mol. The maximum absolute atomic E-state index is 5.80. The van der Waals surface area contributed by atoms with Gasteiger partial charge in [-0.1, -0.05) is 13.8 Å². The monoisotopic (exact) mass is 226 g/mol. The first-order valence-electron chi connectivity index (χ1n) is 5.46. The van der Waals surface area contributed by atoms with Gasteiger partial charge >= 0.3 is 0 Å². The highest BCUT2D eigenvalue weighted by Gasteiger charge is 2.12. The second kappa shape index (κ2) is 5.96. The van der Waals surface area contributed by atoms with Crippen LogP contribution in [0.15, 0.2) is 18.3 Å². The van der Waals surface area contributed by atoms with Gasteiger partial charge in [0.1, 0.15) is 5.82 Å². The highest BCUT2D eigenvalue weighted by molar-refractivity contribution is 6.17. The lowest BCUT2D eigenvalue weighted by Gasteiger charge is -2.27. The fourth-order valence-electron chi connectivity index (χ4n) is 1.76. The Morgan fingerprint density at radius 1 is 1.40 bits per heavy atom. The smallest absolute Gasteiger partial charge is 0.128 e. The minimum Gasteiger partial charge on any atom is -0.357 e. The van der Waals surface area contributed by atoms with E-state index in [9.17, 15) is 0 Å². The summed E-state index contributed by atoms with van der Waals surface area (Å²) < 4.78 is 0. The third kappa shape index (κ3) is 3.10. The summed E-state index contributed by atoms with van der Waals surface area (Å²) in [5, 5.41) is 0. The number of aromatic nitrogens is 1. The molecule has 0 bridgehead atoms. The van der Waals surface area contributed by atoms with Crippen molar-refractivity contribution in [3.63, 3.8) is 0 Å². The second-order valence-corrected chi connectivity index (χ2v) is 4.00. The maximum atomic E-state index is 5.80. The molecule has 0 aliphatic heterocycles. The molecule has 0 saturated heterocycles. The Hall–Kier alpha value is -0.760. The van der Waals surface area contributed by atoms with Crippen molar-refractivity contribution in [1.82, 2.24) is 4.98 Å². The molecule has 3 heteroatoms. The molecule has 1 heterocycles. The summed E-state index contributed by atoms with van der Waals surface area (Å²) in [5.41, 5.74) is 1.12. The van der Waals surface area contributed by atoms with Crippen molar-refractivity contribution in [3.8, 4) is 0 Å². The molecule has 84 valence electrons. The van der Waals surface area contributed by atoms with E-state index in [0.29, 0.717) is 11.9 Å². The number of alkyl halides is 1.